The molecular formula is C60H39BrN2. The number of rotatable bonds is 7. The molecule has 12 aromatic rings. The highest BCUT2D eigenvalue weighted by Crippen LogP contribution is 2.41. The van der Waals surface area contributed by atoms with Gasteiger partial charge < -0.3 is 9.13 Å². The van der Waals surface area contributed by atoms with Gasteiger partial charge in [0, 0.05) is 37.4 Å². The third-order valence-electron chi connectivity index (χ3n) is 12.6. The lowest BCUT2D eigenvalue weighted by molar-refractivity contribution is 1.18. The van der Waals surface area contributed by atoms with Gasteiger partial charge in [-0.25, -0.2) is 0 Å². The predicted octanol–water partition coefficient (Wildman–Crippen LogP) is 17.0. The molecule has 3 heteroatoms. The van der Waals surface area contributed by atoms with E-state index in [-0.39, 0.29) is 0 Å². The Bertz CT molecular complexity index is 3420. The van der Waals surface area contributed by atoms with Crippen molar-refractivity contribution in [1.29, 1.82) is 0 Å². The maximum atomic E-state index is 3.67. The summed E-state index contributed by atoms with van der Waals surface area (Å²) in [5, 5.41) is 4.92. The topological polar surface area (TPSA) is 9.86 Å². The average Bonchev–Trinajstić information content (AvgIpc) is 3.86. The quantitative estimate of drug-likeness (QED) is 0.151. The van der Waals surface area contributed by atoms with Crippen molar-refractivity contribution in [3.05, 3.63) is 241 Å². The van der Waals surface area contributed by atoms with E-state index in [9.17, 15) is 0 Å². The van der Waals surface area contributed by atoms with E-state index in [4.69, 9.17) is 0 Å². The van der Waals surface area contributed by atoms with Crippen LogP contribution in [0.15, 0.2) is 241 Å². The van der Waals surface area contributed by atoms with Crippen LogP contribution in [0.25, 0.3) is 111 Å². The van der Waals surface area contributed by atoms with Gasteiger partial charge in [-0.1, -0.05) is 162 Å². The molecule has 10 aromatic carbocycles. The molecule has 63 heavy (non-hydrogen) atoms. The second-order valence-corrected chi connectivity index (χ2v) is 17.2. The number of para-hydroxylation sites is 2. The van der Waals surface area contributed by atoms with Gasteiger partial charge in [-0.3, -0.25) is 0 Å². The largest absolute Gasteiger partial charge is 0.309 e. The normalized spacial score (nSPS) is 11.6. The first-order valence-corrected chi connectivity index (χ1v) is 22.2. The molecule has 0 atom stereocenters. The van der Waals surface area contributed by atoms with Crippen molar-refractivity contribution in [3.63, 3.8) is 0 Å². The van der Waals surface area contributed by atoms with Gasteiger partial charge in [0.1, 0.15) is 0 Å². The van der Waals surface area contributed by atoms with Crippen LogP contribution < -0.4 is 0 Å². The van der Waals surface area contributed by atoms with Crippen LogP contribution in [0.4, 0.5) is 0 Å². The number of hydrogen-bond acceptors (Lipinski definition) is 0. The molecular weight excluding hydrogens is 829 g/mol. The number of aromatic nitrogens is 2. The highest BCUT2D eigenvalue weighted by atomic mass is 79.9. The van der Waals surface area contributed by atoms with Crippen LogP contribution >= 0.6 is 15.9 Å². The van der Waals surface area contributed by atoms with Crippen LogP contribution in [0.3, 0.4) is 0 Å². The number of nitrogens with zero attached hydrogens (tertiary/aromatic N) is 2. The van der Waals surface area contributed by atoms with Crippen molar-refractivity contribution in [1.82, 2.24) is 9.13 Å². The minimum Gasteiger partial charge on any atom is -0.309 e. The molecule has 0 aliphatic heterocycles. The van der Waals surface area contributed by atoms with Crippen molar-refractivity contribution in [2.45, 2.75) is 0 Å². The van der Waals surface area contributed by atoms with Crippen LogP contribution in [-0.2, 0) is 0 Å². The van der Waals surface area contributed by atoms with E-state index in [1.807, 2.05) is 0 Å². The van der Waals surface area contributed by atoms with E-state index in [2.05, 4.69) is 262 Å². The van der Waals surface area contributed by atoms with Gasteiger partial charge in [0.25, 0.3) is 0 Å². The number of halogens is 1. The molecule has 2 aromatic heterocycles. The Morgan fingerprint density at radius 3 is 0.984 bits per heavy atom. The maximum absolute atomic E-state index is 3.67. The Balaban J connectivity index is 1.05. The lowest BCUT2D eigenvalue weighted by Crippen LogP contribution is -1.93. The number of hydrogen-bond donors (Lipinski definition) is 0. The van der Waals surface area contributed by atoms with E-state index in [1.165, 1.54) is 99.2 Å². The van der Waals surface area contributed by atoms with Crippen LogP contribution in [0.5, 0.6) is 0 Å². The highest BCUT2D eigenvalue weighted by molar-refractivity contribution is 9.10. The Labute approximate surface area is 374 Å². The van der Waals surface area contributed by atoms with Crippen LogP contribution in [0.1, 0.15) is 0 Å². The van der Waals surface area contributed by atoms with Crippen LogP contribution in [-0.4, -0.2) is 9.13 Å². The second-order valence-electron chi connectivity index (χ2n) is 16.3. The van der Waals surface area contributed by atoms with E-state index in [1.54, 1.807) is 0 Å². The summed E-state index contributed by atoms with van der Waals surface area (Å²) < 4.78 is 5.89. The molecule has 0 spiro atoms. The molecule has 0 aliphatic carbocycles. The molecule has 0 saturated heterocycles. The molecule has 0 N–H and O–H groups in total. The zero-order valence-corrected chi connectivity index (χ0v) is 35.9. The lowest BCUT2D eigenvalue weighted by atomic mass is 9.92. The fourth-order valence-corrected chi connectivity index (χ4v) is 9.77. The molecule has 12 rings (SSSR count). The third-order valence-corrected chi connectivity index (χ3v) is 13.1. The molecule has 0 amide bonds. The minimum atomic E-state index is 1.06. The van der Waals surface area contributed by atoms with Crippen LogP contribution in [0, 0.1) is 0 Å². The summed E-state index contributed by atoms with van der Waals surface area (Å²) in [4.78, 5) is 0. The van der Waals surface area contributed by atoms with Gasteiger partial charge in [-0.2, -0.15) is 0 Å². The first-order valence-electron chi connectivity index (χ1n) is 21.4. The van der Waals surface area contributed by atoms with Gasteiger partial charge in [0.15, 0.2) is 0 Å². The SMILES string of the molecule is Brc1ccc(-c2cc(-c3ccc4c(c3)c3ccc(-c5ccccc5)cc3n4-c3ccccc3)cc(-c3ccc4c(c3)c3ccc(-c5ccccc5)cc3n4-c3ccccc3)c2)cc1. The summed E-state index contributed by atoms with van der Waals surface area (Å²) in [5.74, 6) is 0. The van der Waals surface area contributed by atoms with Crippen LogP contribution in [0.2, 0.25) is 0 Å². The fraction of sp³-hybridized carbons (Fsp3) is 0. The first kappa shape index (κ1) is 37.1. The van der Waals surface area contributed by atoms with E-state index < -0.39 is 0 Å². The van der Waals surface area contributed by atoms with Crippen molar-refractivity contribution < 1.29 is 0 Å². The van der Waals surface area contributed by atoms with E-state index in [0.29, 0.717) is 0 Å². The van der Waals surface area contributed by atoms with Crippen molar-refractivity contribution in [2.75, 3.05) is 0 Å². The third kappa shape index (κ3) is 6.57. The summed E-state index contributed by atoms with van der Waals surface area (Å²) in [5.41, 5.74) is 18.9. The molecule has 0 radical (unpaired) electrons. The molecule has 2 heterocycles. The number of benzene rings is 10. The first-order chi connectivity index (χ1) is 31.1. The summed E-state index contributed by atoms with van der Waals surface area (Å²) in [7, 11) is 0. The Morgan fingerprint density at radius 1 is 0.222 bits per heavy atom. The maximum Gasteiger partial charge on any atom is 0.0547 e. The van der Waals surface area contributed by atoms with Crippen molar-refractivity contribution in [2.24, 2.45) is 0 Å². The molecule has 0 unspecified atom stereocenters. The number of fused-ring (bicyclic) bond motifs is 6. The van der Waals surface area contributed by atoms with Gasteiger partial charge in [0.05, 0.1) is 22.1 Å². The summed E-state index contributed by atoms with van der Waals surface area (Å²) in [6, 6.07) is 86.3. The molecule has 0 aliphatic rings. The summed E-state index contributed by atoms with van der Waals surface area (Å²) in [6.45, 7) is 0. The zero-order valence-electron chi connectivity index (χ0n) is 34.3. The second kappa shape index (κ2) is 15.3. The predicted molar refractivity (Wildman–Crippen MR) is 270 cm³/mol. The van der Waals surface area contributed by atoms with Gasteiger partial charge >= 0.3 is 0 Å². The Morgan fingerprint density at radius 2 is 0.556 bits per heavy atom. The van der Waals surface area contributed by atoms with Gasteiger partial charge in [-0.15, -0.1) is 0 Å². The molecule has 0 saturated carbocycles. The summed E-state index contributed by atoms with van der Waals surface area (Å²) >= 11 is 3.67. The van der Waals surface area contributed by atoms with E-state index >= 15 is 0 Å². The lowest BCUT2D eigenvalue weighted by Gasteiger charge is -2.13. The minimum absolute atomic E-state index is 1.06. The molecule has 0 bridgehead atoms. The van der Waals surface area contributed by atoms with Gasteiger partial charge in [-0.05, 0) is 147 Å². The van der Waals surface area contributed by atoms with E-state index in [0.717, 1.165) is 15.8 Å². The molecule has 2 nitrogen and oxygen atoms in total. The standard InChI is InChI=1S/C60H39BrN2/c61-50-27-21-42(22-28-50)47-33-48(43-25-31-57-55(36-43)53-29-23-45(40-13-5-1-6-14-40)38-59(53)62(57)51-17-9-3-10-18-51)35-49(34-47)44-26-32-58-56(37-44)54-30-24-46(41-15-7-2-8-16-41)39-60(54)63(58)52-19-11-4-12-20-52/h1-39H. The molecule has 0 fully saturated rings. The Hall–Kier alpha value is -7.72. The van der Waals surface area contributed by atoms with Gasteiger partial charge in [0.2, 0.25) is 0 Å². The summed E-state index contributed by atoms with van der Waals surface area (Å²) in [6.07, 6.45) is 0. The smallest absolute Gasteiger partial charge is 0.0547 e. The highest BCUT2D eigenvalue weighted by Gasteiger charge is 2.18. The fourth-order valence-electron chi connectivity index (χ4n) is 9.50. The average molecular weight is 868 g/mol. The van der Waals surface area contributed by atoms with Crippen molar-refractivity contribution in [3.8, 4) is 67.0 Å². The zero-order chi connectivity index (χ0) is 41.9. The monoisotopic (exact) mass is 866 g/mol. The Kier molecular flexibility index (Phi) is 9.02. The van der Waals surface area contributed by atoms with Crippen molar-refractivity contribution >= 4 is 59.5 Å². The molecule has 296 valence electrons.